The number of carbonyl (C=O) groups excluding carboxylic acids is 1. The van der Waals surface area contributed by atoms with Crippen LogP contribution >= 0.6 is 0 Å². The molecule has 0 unspecified atom stereocenters. The quantitative estimate of drug-likeness (QED) is 0.623. The molecule has 0 N–H and O–H groups in total. The molecule has 4 heterocycles. The van der Waals surface area contributed by atoms with E-state index in [4.69, 9.17) is 0 Å². The molecule has 0 saturated carbocycles. The summed E-state index contributed by atoms with van der Waals surface area (Å²) < 4.78 is 0. The summed E-state index contributed by atoms with van der Waals surface area (Å²) in [6.45, 7) is 5.95. The SMILES string of the molecule is Cc1ccccc1N1Cc2c(ncnc2N2CCN(c3ncccn3)CC2)N(C)CC1=O. The number of amides is 1. The molecule has 3 aromatic rings. The first-order valence-electron chi connectivity index (χ1n) is 10.8. The lowest BCUT2D eigenvalue weighted by Gasteiger charge is -2.36. The van der Waals surface area contributed by atoms with Gasteiger partial charge in [-0.05, 0) is 24.6 Å². The summed E-state index contributed by atoms with van der Waals surface area (Å²) in [5, 5.41) is 0. The van der Waals surface area contributed by atoms with Crippen LogP contribution in [0.5, 0.6) is 0 Å². The number of anilines is 4. The molecule has 0 aliphatic carbocycles. The van der Waals surface area contributed by atoms with Crippen LogP contribution in [0.4, 0.5) is 23.3 Å². The van der Waals surface area contributed by atoms with Crippen molar-refractivity contribution in [3.63, 3.8) is 0 Å². The lowest BCUT2D eigenvalue weighted by molar-refractivity contribution is -0.117. The number of hydrogen-bond acceptors (Lipinski definition) is 8. The third kappa shape index (κ3) is 3.70. The number of hydrogen-bond donors (Lipinski definition) is 0. The zero-order chi connectivity index (χ0) is 22.1. The zero-order valence-electron chi connectivity index (χ0n) is 18.3. The molecule has 2 aromatic heterocycles. The number of para-hydroxylation sites is 1. The average Bonchev–Trinajstić information content (AvgIpc) is 2.96. The van der Waals surface area contributed by atoms with Crippen LogP contribution in [0.3, 0.4) is 0 Å². The van der Waals surface area contributed by atoms with Crippen molar-refractivity contribution in [2.75, 3.05) is 59.4 Å². The number of nitrogens with zero attached hydrogens (tertiary/aromatic N) is 8. The van der Waals surface area contributed by atoms with Crippen LogP contribution in [-0.2, 0) is 11.3 Å². The summed E-state index contributed by atoms with van der Waals surface area (Å²) >= 11 is 0. The Morgan fingerprint density at radius 1 is 0.812 bits per heavy atom. The van der Waals surface area contributed by atoms with E-state index in [1.165, 1.54) is 0 Å². The van der Waals surface area contributed by atoms with Crippen LogP contribution in [-0.4, -0.2) is 65.6 Å². The average molecular weight is 431 g/mol. The zero-order valence-corrected chi connectivity index (χ0v) is 18.3. The standard InChI is InChI=1S/C23H26N8O/c1-17-6-3-4-7-19(17)31-14-18-21(28(2)15-20(31)32)26-16-27-22(18)29-10-12-30(13-11-29)23-24-8-5-9-25-23/h3-9,16H,10-15H2,1-2H3. The number of fused-ring (bicyclic) bond motifs is 1. The van der Waals surface area contributed by atoms with Crippen molar-refractivity contribution in [3.8, 4) is 0 Å². The number of aromatic nitrogens is 4. The molecule has 1 saturated heterocycles. The minimum Gasteiger partial charge on any atom is -0.353 e. The van der Waals surface area contributed by atoms with Crippen LogP contribution in [0.25, 0.3) is 0 Å². The Bertz CT molecular complexity index is 1110. The van der Waals surface area contributed by atoms with Gasteiger partial charge in [-0.1, -0.05) is 18.2 Å². The molecule has 0 atom stereocenters. The molecular formula is C23H26N8O. The Kier molecular flexibility index (Phi) is 5.30. The van der Waals surface area contributed by atoms with Crippen molar-refractivity contribution < 1.29 is 4.79 Å². The summed E-state index contributed by atoms with van der Waals surface area (Å²) in [6.07, 6.45) is 5.14. The van der Waals surface area contributed by atoms with E-state index in [-0.39, 0.29) is 12.5 Å². The Morgan fingerprint density at radius 2 is 1.50 bits per heavy atom. The summed E-state index contributed by atoms with van der Waals surface area (Å²) in [5.41, 5.74) is 2.98. The largest absolute Gasteiger partial charge is 0.353 e. The fraction of sp³-hybridized carbons (Fsp3) is 0.348. The molecule has 0 bridgehead atoms. The van der Waals surface area contributed by atoms with Gasteiger partial charge in [0.1, 0.15) is 18.0 Å². The molecule has 2 aliphatic heterocycles. The van der Waals surface area contributed by atoms with E-state index in [9.17, 15) is 4.79 Å². The number of aryl methyl sites for hydroxylation is 1. The van der Waals surface area contributed by atoms with Crippen molar-refractivity contribution in [3.05, 3.63) is 60.2 Å². The third-order valence-electron chi connectivity index (χ3n) is 6.07. The molecule has 9 nitrogen and oxygen atoms in total. The Morgan fingerprint density at radius 3 is 2.25 bits per heavy atom. The highest BCUT2D eigenvalue weighted by Gasteiger charge is 2.31. The molecular weight excluding hydrogens is 404 g/mol. The fourth-order valence-corrected chi connectivity index (χ4v) is 4.40. The van der Waals surface area contributed by atoms with E-state index in [1.54, 1.807) is 18.7 Å². The number of piperazine rings is 1. The first-order valence-corrected chi connectivity index (χ1v) is 10.8. The van der Waals surface area contributed by atoms with Gasteiger partial charge in [0.2, 0.25) is 11.9 Å². The smallest absolute Gasteiger partial charge is 0.246 e. The van der Waals surface area contributed by atoms with Crippen LogP contribution in [0.15, 0.2) is 49.1 Å². The van der Waals surface area contributed by atoms with E-state index in [0.29, 0.717) is 6.54 Å². The summed E-state index contributed by atoms with van der Waals surface area (Å²) in [7, 11) is 1.92. The summed E-state index contributed by atoms with van der Waals surface area (Å²) in [5.74, 6) is 2.51. The lowest BCUT2D eigenvalue weighted by atomic mass is 10.1. The van der Waals surface area contributed by atoms with Gasteiger partial charge in [-0.3, -0.25) is 4.79 Å². The normalized spacial score (nSPS) is 16.8. The number of likely N-dealkylation sites (N-methyl/N-ethyl adjacent to an activating group) is 1. The van der Waals surface area contributed by atoms with Crippen molar-refractivity contribution in [2.45, 2.75) is 13.5 Å². The van der Waals surface area contributed by atoms with Gasteiger partial charge in [0.25, 0.3) is 0 Å². The summed E-state index contributed by atoms with van der Waals surface area (Å²) in [6, 6.07) is 9.82. The van der Waals surface area contributed by atoms with Gasteiger partial charge in [-0.15, -0.1) is 0 Å². The van der Waals surface area contributed by atoms with Gasteiger partial charge in [-0.2, -0.15) is 0 Å². The molecule has 1 aromatic carbocycles. The lowest BCUT2D eigenvalue weighted by Crippen LogP contribution is -2.48. The molecule has 164 valence electrons. The number of rotatable bonds is 3. The van der Waals surface area contributed by atoms with Crippen molar-refractivity contribution >= 4 is 29.2 Å². The second kappa shape index (κ2) is 8.41. The highest BCUT2D eigenvalue weighted by atomic mass is 16.2. The van der Waals surface area contributed by atoms with Gasteiger partial charge < -0.3 is 19.6 Å². The maximum absolute atomic E-state index is 13.1. The molecule has 0 spiro atoms. The van der Waals surface area contributed by atoms with Crippen LogP contribution in [0, 0.1) is 6.92 Å². The summed E-state index contributed by atoms with van der Waals surface area (Å²) in [4.78, 5) is 39.3. The van der Waals surface area contributed by atoms with Crippen LogP contribution in [0.1, 0.15) is 11.1 Å². The molecule has 32 heavy (non-hydrogen) atoms. The maximum Gasteiger partial charge on any atom is 0.246 e. The molecule has 1 fully saturated rings. The second-order valence-corrected chi connectivity index (χ2v) is 8.14. The van der Waals surface area contributed by atoms with E-state index in [2.05, 4.69) is 29.7 Å². The third-order valence-corrected chi connectivity index (χ3v) is 6.07. The first-order chi connectivity index (χ1) is 15.6. The Labute approximate surface area is 187 Å². The van der Waals surface area contributed by atoms with Crippen LogP contribution < -0.4 is 19.6 Å². The van der Waals surface area contributed by atoms with Gasteiger partial charge in [0.05, 0.1) is 18.7 Å². The van der Waals surface area contributed by atoms with E-state index >= 15 is 0 Å². The molecule has 1 amide bonds. The minimum atomic E-state index is 0.0526. The number of benzene rings is 1. The van der Waals surface area contributed by atoms with E-state index < -0.39 is 0 Å². The monoisotopic (exact) mass is 430 g/mol. The Hall–Kier alpha value is -3.75. The second-order valence-electron chi connectivity index (χ2n) is 8.14. The highest BCUT2D eigenvalue weighted by Crippen LogP contribution is 2.33. The maximum atomic E-state index is 13.1. The van der Waals surface area contributed by atoms with E-state index in [0.717, 1.165) is 60.6 Å². The van der Waals surface area contributed by atoms with Crippen molar-refractivity contribution in [1.29, 1.82) is 0 Å². The topological polar surface area (TPSA) is 81.6 Å². The molecule has 2 aliphatic rings. The fourth-order valence-electron chi connectivity index (χ4n) is 4.40. The van der Waals surface area contributed by atoms with Gasteiger partial charge in [-0.25, -0.2) is 19.9 Å². The number of carbonyl (C=O) groups is 1. The van der Waals surface area contributed by atoms with Crippen molar-refractivity contribution in [1.82, 2.24) is 19.9 Å². The Balaban J connectivity index is 1.45. The van der Waals surface area contributed by atoms with Gasteiger partial charge in [0, 0.05) is 51.3 Å². The molecule has 5 rings (SSSR count). The minimum absolute atomic E-state index is 0.0526. The van der Waals surface area contributed by atoms with E-state index in [1.807, 2.05) is 54.1 Å². The predicted octanol–water partition coefficient (Wildman–Crippen LogP) is 1.88. The first kappa shape index (κ1) is 20.2. The van der Waals surface area contributed by atoms with Crippen LogP contribution in [0.2, 0.25) is 0 Å². The predicted molar refractivity (Wildman–Crippen MR) is 124 cm³/mol. The van der Waals surface area contributed by atoms with Gasteiger partial charge >= 0.3 is 0 Å². The molecule has 9 heteroatoms. The molecule has 0 radical (unpaired) electrons. The van der Waals surface area contributed by atoms with Crippen molar-refractivity contribution in [2.24, 2.45) is 0 Å². The highest BCUT2D eigenvalue weighted by molar-refractivity contribution is 5.98. The van der Waals surface area contributed by atoms with Gasteiger partial charge in [0.15, 0.2) is 0 Å².